The van der Waals surface area contributed by atoms with Gasteiger partial charge in [0.1, 0.15) is 5.82 Å². The minimum absolute atomic E-state index is 0.0734. The molecule has 0 spiro atoms. The van der Waals surface area contributed by atoms with Crippen LogP contribution in [0.3, 0.4) is 0 Å². The van der Waals surface area contributed by atoms with Gasteiger partial charge in [0.15, 0.2) is 0 Å². The van der Waals surface area contributed by atoms with Crippen molar-refractivity contribution in [1.82, 2.24) is 5.32 Å². The molecule has 5 heteroatoms. The zero-order valence-electron chi connectivity index (χ0n) is 12.5. The van der Waals surface area contributed by atoms with Crippen molar-refractivity contribution in [1.29, 1.82) is 0 Å². The van der Waals surface area contributed by atoms with Crippen LogP contribution in [0.2, 0.25) is 0 Å². The van der Waals surface area contributed by atoms with Gasteiger partial charge in [0.2, 0.25) is 5.91 Å². The molecule has 0 bridgehead atoms. The fraction of sp³-hybridized carbons (Fsp3) is 0.562. The highest BCUT2D eigenvalue weighted by molar-refractivity contribution is 5.78. The zero-order chi connectivity index (χ0) is 15.2. The molecular formula is C16H24FN3O. The van der Waals surface area contributed by atoms with Crippen LogP contribution in [0.4, 0.5) is 10.1 Å². The maximum atomic E-state index is 13.6. The van der Waals surface area contributed by atoms with Gasteiger partial charge in [-0.05, 0) is 37.8 Å². The van der Waals surface area contributed by atoms with E-state index in [0.717, 1.165) is 25.7 Å². The summed E-state index contributed by atoms with van der Waals surface area (Å²) in [6.07, 6.45) is 3.41. The molecule has 1 amide bonds. The summed E-state index contributed by atoms with van der Waals surface area (Å²) in [5.74, 6) is -0.0372. The van der Waals surface area contributed by atoms with Gasteiger partial charge in [0.25, 0.3) is 0 Å². The fourth-order valence-electron chi connectivity index (χ4n) is 2.81. The normalized spacial score (nSPS) is 21.3. The molecule has 1 fully saturated rings. The number of nitrogens with one attached hydrogen (secondary N) is 1. The zero-order valence-corrected chi connectivity index (χ0v) is 12.5. The molecule has 1 saturated carbocycles. The quantitative estimate of drug-likeness (QED) is 0.788. The summed E-state index contributed by atoms with van der Waals surface area (Å²) < 4.78 is 13.6. The van der Waals surface area contributed by atoms with Crippen LogP contribution in [0.15, 0.2) is 24.3 Å². The second kappa shape index (κ2) is 7.41. The van der Waals surface area contributed by atoms with Gasteiger partial charge in [-0.1, -0.05) is 12.1 Å². The third kappa shape index (κ3) is 4.43. The van der Waals surface area contributed by atoms with Gasteiger partial charge in [0.05, 0.1) is 5.69 Å². The molecule has 2 atom stereocenters. The molecule has 2 unspecified atom stereocenters. The SMILES string of the molecule is CN(CCCNC(=O)C1CCC(N)C1)c1ccccc1F. The number of carbonyl (C=O) groups excluding carboxylic acids is 1. The van der Waals surface area contributed by atoms with E-state index in [-0.39, 0.29) is 23.7 Å². The summed E-state index contributed by atoms with van der Waals surface area (Å²) in [6.45, 7) is 1.31. The molecule has 0 saturated heterocycles. The standard InChI is InChI=1S/C16H24FN3O/c1-20(15-6-3-2-5-14(15)17)10-4-9-19-16(21)12-7-8-13(18)11-12/h2-3,5-6,12-13H,4,7-11,18H2,1H3,(H,19,21). The molecular weight excluding hydrogens is 269 g/mol. The molecule has 0 aliphatic heterocycles. The maximum absolute atomic E-state index is 13.6. The number of carbonyl (C=O) groups is 1. The van der Waals surface area contributed by atoms with E-state index in [1.165, 1.54) is 6.07 Å². The first kappa shape index (κ1) is 15.8. The Bertz CT molecular complexity index is 480. The van der Waals surface area contributed by atoms with Crippen molar-refractivity contribution in [3.8, 4) is 0 Å². The van der Waals surface area contributed by atoms with Gasteiger partial charge in [-0.2, -0.15) is 0 Å². The number of rotatable bonds is 6. The number of nitrogens with zero attached hydrogens (tertiary/aromatic N) is 1. The van der Waals surface area contributed by atoms with Gasteiger partial charge >= 0.3 is 0 Å². The minimum atomic E-state index is -0.219. The van der Waals surface area contributed by atoms with E-state index in [4.69, 9.17) is 5.73 Å². The Kier molecular flexibility index (Phi) is 5.56. The van der Waals surface area contributed by atoms with Gasteiger partial charge in [-0.3, -0.25) is 4.79 Å². The first-order chi connectivity index (χ1) is 10.1. The van der Waals surface area contributed by atoms with Crippen molar-refractivity contribution in [3.05, 3.63) is 30.1 Å². The molecule has 1 aliphatic carbocycles. The Balaban J connectivity index is 1.68. The molecule has 116 valence electrons. The summed E-state index contributed by atoms with van der Waals surface area (Å²) in [4.78, 5) is 13.8. The second-order valence-corrected chi connectivity index (χ2v) is 5.79. The average Bonchev–Trinajstić information content (AvgIpc) is 2.90. The summed E-state index contributed by atoms with van der Waals surface area (Å²) in [7, 11) is 1.86. The van der Waals surface area contributed by atoms with Gasteiger partial charge in [-0.25, -0.2) is 4.39 Å². The Morgan fingerprint density at radius 1 is 1.43 bits per heavy atom. The molecule has 21 heavy (non-hydrogen) atoms. The lowest BCUT2D eigenvalue weighted by Gasteiger charge is -2.20. The first-order valence-electron chi connectivity index (χ1n) is 7.57. The molecule has 0 aromatic heterocycles. The monoisotopic (exact) mass is 293 g/mol. The second-order valence-electron chi connectivity index (χ2n) is 5.79. The highest BCUT2D eigenvalue weighted by Crippen LogP contribution is 2.24. The molecule has 1 aromatic rings. The smallest absolute Gasteiger partial charge is 0.223 e. The molecule has 0 heterocycles. The van der Waals surface area contributed by atoms with Gasteiger partial charge in [-0.15, -0.1) is 0 Å². The molecule has 4 nitrogen and oxygen atoms in total. The van der Waals surface area contributed by atoms with Crippen LogP contribution in [0.5, 0.6) is 0 Å². The number of benzene rings is 1. The number of amides is 1. The van der Waals surface area contributed by atoms with Crippen LogP contribution in [0.1, 0.15) is 25.7 Å². The fourth-order valence-corrected chi connectivity index (χ4v) is 2.81. The van der Waals surface area contributed by atoms with Gasteiger partial charge < -0.3 is 16.0 Å². The number of para-hydroxylation sites is 1. The van der Waals surface area contributed by atoms with Crippen molar-refractivity contribution < 1.29 is 9.18 Å². The van der Waals surface area contributed by atoms with Crippen molar-refractivity contribution in [2.45, 2.75) is 31.7 Å². The maximum Gasteiger partial charge on any atom is 0.223 e. The lowest BCUT2D eigenvalue weighted by Crippen LogP contribution is -2.32. The molecule has 1 aromatic carbocycles. The molecule has 2 rings (SSSR count). The predicted octanol–water partition coefficient (Wildman–Crippen LogP) is 1.90. The molecule has 1 aliphatic rings. The minimum Gasteiger partial charge on any atom is -0.372 e. The van der Waals surface area contributed by atoms with Crippen LogP contribution in [0, 0.1) is 11.7 Å². The van der Waals surface area contributed by atoms with E-state index in [2.05, 4.69) is 5.32 Å². The Hall–Kier alpha value is -1.62. The summed E-state index contributed by atoms with van der Waals surface area (Å²) in [6, 6.07) is 6.89. The van der Waals surface area contributed by atoms with E-state index in [0.29, 0.717) is 18.8 Å². The van der Waals surface area contributed by atoms with Crippen molar-refractivity contribution in [2.24, 2.45) is 11.7 Å². The molecule has 3 N–H and O–H groups in total. The van der Waals surface area contributed by atoms with Crippen molar-refractivity contribution in [2.75, 3.05) is 25.0 Å². The van der Waals surface area contributed by atoms with E-state index in [1.807, 2.05) is 18.0 Å². The van der Waals surface area contributed by atoms with Crippen molar-refractivity contribution >= 4 is 11.6 Å². The largest absolute Gasteiger partial charge is 0.372 e. The predicted molar refractivity (Wildman–Crippen MR) is 82.6 cm³/mol. The van der Waals surface area contributed by atoms with Crippen LogP contribution in [-0.4, -0.2) is 32.1 Å². The number of halogens is 1. The van der Waals surface area contributed by atoms with E-state index < -0.39 is 0 Å². The molecule has 0 radical (unpaired) electrons. The highest BCUT2D eigenvalue weighted by atomic mass is 19.1. The Labute approximate surface area is 125 Å². The lowest BCUT2D eigenvalue weighted by molar-refractivity contribution is -0.124. The number of hydrogen-bond donors (Lipinski definition) is 2. The highest BCUT2D eigenvalue weighted by Gasteiger charge is 2.27. The lowest BCUT2D eigenvalue weighted by atomic mass is 10.1. The van der Waals surface area contributed by atoms with Crippen LogP contribution < -0.4 is 16.0 Å². The number of hydrogen-bond acceptors (Lipinski definition) is 3. The van der Waals surface area contributed by atoms with Crippen LogP contribution in [-0.2, 0) is 4.79 Å². The third-order valence-corrected chi connectivity index (χ3v) is 4.08. The van der Waals surface area contributed by atoms with Gasteiger partial charge in [0, 0.05) is 32.1 Å². The average molecular weight is 293 g/mol. The Morgan fingerprint density at radius 2 is 2.19 bits per heavy atom. The van der Waals surface area contributed by atoms with E-state index >= 15 is 0 Å². The number of nitrogens with two attached hydrogens (primary N) is 1. The Morgan fingerprint density at radius 3 is 2.86 bits per heavy atom. The third-order valence-electron chi connectivity index (χ3n) is 4.08. The van der Waals surface area contributed by atoms with Crippen molar-refractivity contribution in [3.63, 3.8) is 0 Å². The summed E-state index contributed by atoms with van der Waals surface area (Å²) >= 11 is 0. The van der Waals surface area contributed by atoms with E-state index in [9.17, 15) is 9.18 Å². The van der Waals surface area contributed by atoms with E-state index in [1.54, 1.807) is 12.1 Å². The van der Waals surface area contributed by atoms with Crippen LogP contribution in [0.25, 0.3) is 0 Å². The number of anilines is 1. The summed E-state index contributed by atoms with van der Waals surface area (Å²) in [5, 5.41) is 2.95. The summed E-state index contributed by atoms with van der Waals surface area (Å²) in [5.41, 5.74) is 6.40. The topological polar surface area (TPSA) is 58.4 Å². The van der Waals surface area contributed by atoms with Crippen LogP contribution >= 0.6 is 0 Å². The first-order valence-corrected chi connectivity index (χ1v) is 7.57.